The molecule has 3 unspecified atom stereocenters. The van der Waals surface area contributed by atoms with Gasteiger partial charge in [0.05, 0.1) is 0 Å². The van der Waals surface area contributed by atoms with Gasteiger partial charge in [0.1, 0.15) is 0 Å². The minimum Gasteiger partial charge on any atom is -0.319 e. The van der Waals surface area contributed by atoms with Gasteiger partial charge in [-0.15, -0.1) is 0 Å². The second-order valence-electron chi connectivity index (χ2n) is 7.60. The molecule has 21 heavy (non-hydrogen) atoms. The van der Waals surface area contributed by atoms with E-state index in [9.17, 15) is 0 Å². The fraction of sp³-hybridized carbons (Fsp3) is 0.700. The van der Waals surface area contributed by atoms with Crippen LogP contribution in [-0.4, -0.2) is 13.6 Å². The second-order valence-corrected chi connectivity index (χ2v) is 7.60. The fourth-order valence-corrected chi connectivity index (χ4v) is 4.24. The summed E-state index contributed by atoms with van der Waals surface area (Å²) in [5.41, 5.74) is 4.36. The van der Waals surface area contributed by atoms with Gasteiger partial charge in [0.2, 0.25) is 0 Å². The first-order valence-electron chi connectivity index (χ1n) is 8.71. The average molecular weight is 287 g/mol. The molecule has 0 heterocycles. The zero-order valence-corrected chi connectivity index (χ0v) is 14.6. The van der Waals surface area contributed by atoms with Crippen molar-refractivity contribution >= 4 is 0 Å². The molecular weight excluding hydrogens is 254 g/mol. The number of aryl methyl sites for hydroxylation is 2. The van der Waals surface area contributed by atoms with Crippen LogP contribution in [0.5, 0.6) is 0 Å². The Balaban J connectivity index is 2.11. The lowest BCUT2D eigenvalue weighted by Gasteiger charge is -2.38. The molecule has 1 aliphatic carbocycles. The van der Waals surface area contributed by atoms with E-state index >= 15 is 0 Å². The lowest BCUT2D eigenvalue weighted by Crippen LogP contribution is -2.34. The van der Waals surface area contributed by atoms with Gasteiger partial charge in [-0.25, -0.2) is 0 Å². The van der Waals surface area contributed by atoms with Crippen LogP contribution < -0.4 is 5.32 Å². The van der Waals surface area contributed by atoms with Crippen molar-refractivity contribution in [3.8, 4) is 0 Å². The van der Waals surface area contributed by atoms with Crippen molar-refractivity contribution in [3.05, 3.63) is 34.9 Å². The second kappa shape index (κ2) is 7.45. The highest BCUT2D eigenvalue weighted by molar-refractivity contribution is 5.29. The Labute approximate surface area is 131 Å². The van der Waals surface area contributed by atoms with Crippen LogP contribution in [0.1, 0.15) is 49.8 Å². The van der Waals surface area contributed by atoms with E-state index in [0.29, 0.717) is 0 Å². The van der Waals surface area contributed by atoms with E-state index in [1.54, 1.807) is 5.56 Å². The molecule has 0 aliphatic heterocycles. The van der Waals surface area contributed by atoms with Gasteiger partial charge in [-0.2, -0.15) is 0 Å². The summed E-state index contributed by atoms with van der Waals surface area (Å²) in [7, 11) is 2.10. The standard InChI is InChI=1S/C20H33N/c1-14(2)18-6-7-19(13-21-5)20(12-18)11-17-9-15(3)8-16(4)10-17/h8-10,14,18-21H,6-7,11-13H2,1-5H3. The highest BCUT2D eigenvalue weighted by atomic mass is 14.8. The van der Waals surface area contributed by atoms with Crippen molar-refractivity contribution in [2.75, 3.05) is 13.6 Å². The molecule has 3 atom stereocenters. The summed E-state index contributed by atoms with van der Waals surface area (Å²) < 4.78 is 0. The van der Waals surface area contributed by atoms with Crippen molar-refractivity contribution in [3.63, 3.8) is 0 Å². The molecule has 0 radical (unpaired) electrons. The first kappa shape index (κ1) is 16.5. The van der Waals surface area contributed by atoms with E-state index in [4.69, 9.17) is 0 Å². The average Bonchev–Trinajstić information content (AvgIpc) is 2.39. The SMILES string of the molecule is CNCC1CCC(C(C)C)CC1Cc1cc(C)cc(C)c1. The monoisotopic (exact) mass is 287 g/mol. The van der Waals surface area contributed by atoms with E-state index in [1.165, 1.54) is 43.4 Å². The van der Waals surface area contributed by atoms with Crippen LogP contribution in [0.4, 0.5) is 0 Å². The minimum atomic E-state index is 0.835. The van der Waals surface area contributed by atoms with Crippen molar-refractivity contribution in [1.82, 2.24) is 5.32 Å². The molecule has 1 N–H and O–H groups in total. The summed E-state index contributed by atoms with van der Waals surface area (Å²) in [5.74, 6) is 3.46. The molecule has 118 valence electrons. The molecule has 1 aromatic rings. The van der Waals surface area contributed by atoms with Crippen molar-refractivity contribution in [1.29, 1.82) is 0 Å². The van der Waals surface area contributed by atoms with E-state index in [2.05, 4.69) is 58.3 Å². The Morgan fingerprint density at radius 2 is 1.71 bits per heavy atom. The third-order valence-electron chi connectivity index (χ3n) is 5.37. The summed E-state index contributed by atoms with van der Waals surface area (Å²) in [6, 6.07) is 7.07. The number of nitrogens with one attached hydrogen (secondary N) is 1. The van der Waals surface area contributed by atoms with Gasteiger partial charge in [0.25, 0.3) is 0 Å². The summed E-state index contributed by atoms with van der Waals surface area (Å²) in [6.07, 6.45) is 5.50. The van der Waals surface area contributed by atoms with Crippen LogP contribution >= 0.6 is 0 Å². The normalized spacial score (nSPS) is 26.3. The van der Waals surface area contributed by atoms with Crippen LogP contribution in [-0.2, 0) is 6.42 Å². The lowest BCUT2D eigenvalue weighted by molar-refractivity contribution is 0.146. The molecule has 1 aromatic carbocycles. The Hall–Kier alpha value is -0.820. The first-order chi connectivity index (χ1) is 9.99. The largest absolute Gasteiger partial charge is 0.319 e. The smallest absolute Gasteiger partial charge is 0.00208 e. The molecule has 2 rings (SSSR count). The van der Waals surface area contributed by atoms with Crippen molar-refractivity contribution in [2.24, 2.45) is 23.7 Å². The van der Waals surface area contributed by atoms with Gasteiger partial charge in [-0.1, -0.05) is 43.2 Å². The van der Waals surface area contributed by atoms with E-state index in [-0.39, 0.29) is 0 Å². The van der Waals surface area contributed by atoms with E-state index < -0.39 is 0 Å². The number of benzene rings is 1. The number of hydrogen-bond donors (Lipinski definition) is 1. The molecule has 0 saturated heterocycles. The Kier molecular flexibility index (Phi) is 5.87. The maximum absolute atomic E-state index is 3.42. The van der Waals surface area contributed by atoms with Gasteiger partial charge in [-0.3, -0.25) is 0 Å². The van der Waals surface area contributed by atoms with Crippen molar-refractivity contribution in [2.45, 2.75) is 53.4 Å². The number of hydrogen-bond acceptors (Lipinski definition) is 1. The van der Waals surface area contributed by atoms with E-state index in [1.807, 2.05) is 0 Å². The zero-order chi connectivity index (χ0) is 15.4. The molecule has 1 saturated carbocycles. The van der Waals surface area contributed by atoms with Gasteiger partial charge < -0.3 is 5.32 Å². The topological polar surface area (TPSA) is 12.0 Å². The molecule has 0 aromatic heterocycles. The van der Waals surface area contributed by atoms with Crippen LogP contribution in [0, 0.1) is 37.5 Å². The molecule has 0 spiro atoms. The molecule has 1 fully saturated rings. The molecule has 1 aliphatic rings. The fourth-order valence-electron chi connectivity index (χ4n) is 4.24. The highest BCUT2D eigenvalue weighted by Crippen LogP contribution is 2.39. The lowest BCUT2D eigenvalue weighted by atomic mass is 9.68. The minimum absolute atomic E-state index is 0.835. The van der Waals surface area contributed by atoms with Crippen LogP contribution in [0.25, 0.3) is 0 Å². The molecule has 1 heteroatoms. The Morgan fingerprint density at radius 3 is 2.29 bits per heavy atom. The molecule has 0 bridgehead atoms. The van der Waals surface area contributed by atoms with Crippen LogP contribution in [0.3, 0.4) is 0 Å². The maximum Gasteiger partial charge on any atom is -0.00208 e. The summed E-state index contributed by atoms with van der Waals surface area (Å²) in [5, 5.41) is 3.42. The number of rotatable bonds is 5. The summed E-state index contributed by atoms with van der Waals surface area (Å²) in [6.45, 7) is 10.4. The Bertz CT molecular complexity index is 429. The quantitative estimate of drug-likeness (QED) is 0.823. The predicted octanol–water partition coefficient (Wildman–Crippen LogP) is 4.75. The molecular formula is C20H33N. The highest BCUT2D eigenvalue weighted by Gasteiger charge is 2.31. The third kappa shape index (κ3) is 4.57. The van der Waals surface area contributed by atoms with Gasteiger partial charge >= 0.3 is 0 Å². The van der Waals surface area contributed by atoms with Gasteiger partial charge in [-0.05, 0) is 82.4 Å². The van der Waals surface area contributed by atoms with Gasteiger partial charge in [0, 0.05) is 0 Å². The zero-order valence-electron chi connectivity index (χ0n) is 14.6. The van der Waals surface area contributed by atoms with E-state index in [0.717, 1.165) is 23.7 Å². The summed E-state index contributed by atoms with van der Waals surface area (Å²) in [4.78, 5) is 0. The van der Waals surface area contributed by atoms with Gasteiger partial charge in [0.15, 0.2) is 0 Å². The third-order valence-corrected chi connectivity index (χ3v) is 5.37. The van der Waals surface area contributed by atoms with Crippen LogP contribution in [0.2, 0.25) is 0 Å². The van der Waals surface area contributed by atoms with Crippen LogP contribution in [0.15, 0.2) is 18.2 Å². The first-order valence-corrected chi connectivity index (χ1v) is 8.71. The van der Waals surface area contributed by atoms with Crippen molar-refractivity contribution < 1.29 is 0 Å². The molecule has 1 nitrogen and oxygen atoms in total. The summed E-state index contributed by atoms with van der Waals surface area (Å²) >= 11 is 0. The Morgan fingerprint density at radius 1 is 1.05 bits per heavy atom. The predicted molar refractivity (Wildman–Crippen MR) is 92.7 cm³/mol. The maximum atomic E-state index is 3.42. The molecule has 0 amide bonds.